The lowest BCUT2D eigenvalue weighted by Gasteiger charge is -1.96. The summed E-state index contributed by atoms with van der Waals surface area (Å²) in [4.78, 5) is 4.48. The van der Waals surface area contributed by atoms with Gasteiger partial charge in [0.1, 0.15) is 0 Å². The van der Waals surface area contributed by atoms with Crippen LogP contribution in [0.25, 0.3) is 0 Å². The molecule has 0 aliphatic carbocycles. The molecule has 0 unspecified atom stereocenters. The lowest BCUT2D eigenvalue weighted by Crippen LogP contribution is -1.93. The maximum Gasteiger partial charge on any atom is 0.0647 e. The summed E-state index contributed by atoms with van der Waals surface area (Å²) in [6.45, 7) is 12.7. The van der Waals surface area contributed by atoms with Gasteiger partial charge in [0.2, 0.25) is 0 Å². The van der Waals surface area contributed by atoms with Gasteiger partial charge in [-0.05, 0) is 30.6 Å². The Morgan fingerprint density at radius 2 is 2.19 bits per heavy atom. The minimum Gasteiger partial charge on any atom is -0.280 e. The maximum absolute atomic E-state index is 4.48. The van der Waals surface area contributed by atoms with E-state index in [1.54, 1.807) is 6.08 Å². The topological polar surface area (TPSA) is 12.4 Å². The molecule has 88 valence electrons. The zero-order chi connectivity index (χ0) is 12.4. The van der Waals surface area contributed by atoms with Gasteiger partial charge in [-0.2, -0.15) is 0 Å². The van der Waals surface area contributed by atoms with Crippen LogP contribution >= 0.6 is 0 Å². The predicted molar refractivity (Wildman–Crippen MR) is 75.1 cm³/mol. The third kappa shape index (κ3) is 4.43. The summed E-state index contributed by atoms with van der Waals surface area (Å²) in [7, 11) is 0. The Morgan fingerprint density at radius 3 is 2.62 bits per heavy atom. The highest BCUT2D eigenvalue weighted by Crippen LogP contribution is 2.14. The molecule has 0 spiro atoms. The van der Waals surface area contributed by atoms with E-state index >= 15 is 0 Å². The molecule has 0 aromatic carbocycles. The molecular formula is C15H23N. The van der Waals surface area contributed by atoms with E-state index in [-0.39, 0.29) is 0 Å². The molecule has 1 rings (SSSR count). The van der Waals surface area contributed by atoms with Crippen molar-refractivity contribution in [2.24, 2.45) is 4.99 Å². The minimum atomic E-state index is 0.866. The van der Waals surface area contributed by atoms with Crippen LogP contribution in [0.1, 0.15) is 34.1 Å². The van der Waals surface area contributed by atoms with Gasteiger partial charge in [0.05, 0.1) is 12.3 Å². The maximum atomic E-state index is 4.48. The van der Waals surface area contributed by atoms with E-state index in [0.29, 0.717) is 0 Å². The molecule has 0 amide bonds. The summed E-state index contributed by atoms with van der Waals surface area (Å²) in [5, 5.41) is 0. The molecule has 1 heterocycles. The van der Waals surface area contributed by atoms with Crippen molar-refractivity contribution in [1.29, 1.82) is 0 Å². The van der Waals surface area contributed by atoms with Crippen LogP contribution < -0.4 is 0 Å². The van der Waals surface area contributed by atoms with Crippen LogP contribution in [0.3, 0.4) is 0 Å². The summed E-state index contributed by atoms with van der Waals surface area (Å²) in [5.74, 6) is 0. The van der Waals surface area contributed by atoms with Crippen LogP contribution in [0.2, 0.25) is 0 Å². The van der Waals surface area contributed by atoms with E-state index in [2.05, 4.69) is 30.6 Å². The summed E-state index contributed by atoms with van der Waals surface area (Å²) in [6, 6.07) is 0. The average molecular weight is 217 g/mol. The van der Waals surface area contributed by atoms with E-state index in [9.17, 15) is 0 Å². The predicted octanol–water partition coefficient (Wildman–Crippen LogP) is 4.49. The Labute approximate surface area is 100.0 Å². The van der Waals surface area contributed by atoms with Gasteiger partial charge in [-0.3, -0.25) is 4.99 Å². The van der Waals surface area contributed by atoms with Gasteiger partial charge in [-0.1, -0.05) is 51.7 Å². The molecule has 0 aromatic rings. The number of rotatable bonds is 4. The molecule has 0 saturated heterocycles. The fraction of sp³-hybridized carbons (Fsp3) is 0.400. The van der Waals surface area contributed by atoms with Crippen molar-refractivity contribution in [2.45, 2.75) is 34.1 Å². The Bertz CT molecular complexity index is 327. The highest BCUT2D eigenvalue weighted by molar-refractivity contribution is 6.11. The number of nitrogens with zero attached hydrogens (tertiary/aromatic N) is 1. The molecule has 1 aliphatic rings. The van der Waals surface area contributed by atoms with Crippen LogP contribution in [0.15, 0.2) is 53.1 Å². The Balaban J connectivity index is 0.00000106. The van der Waals surface area contributed by atoms with Gasteiger partial charge in [-0.15, -0.1) is 0 Å². The van der Waals surface area contributed by atoms with Crippen LogP contribution in [0.4, 0.5) is 0 Å². The lowest BCUT2D eigenvalue weighted by atomic mass is 10.1. The molecule has 0 radical (unpaired) electrons. The number of hydrogen-bond acceptors (Lipinski definition) is 1. The van der Waals surface area contributed by atoms with Crippen LogP contribution in [0.5, 0.6) is 0 Å². The normalized spacial score (nSPS) is 15.4. The summed E-state index contributed by atoms with van der Waals surface area (Å²) < 4.78 is 0. The first-order chi connectivity index (χ1) is 7.81. The second-order valence-electron chi connectivity index (χ2n) is 3.20. The van der Waals surface area contributed by atoms with Crippen LogP contribution in [0, 0.1) is 0 Å². The first kappa shape index (κ1) is 14.6. The highest BCUT2D eigenvalue weighted by atomic mass is 14.8. The van der Waals surface area contributed by atoms with Crippen molar-refractivity contribution < 1.29 is 0 Å². The van der Waals surface area contributed by atoms with E-state index in [1.807, 2.05) is 32.9 Å². The Hall–Kier alpha value is -1.37. The molecule has 1 heteroatoms. The summed E-state index contributed by atoms with van der Waals surface area (Å²) in [5.41, 5.74) is 3.68. The van der Waals surface area contributed by atoms with Crippen molar-refractivity contribution in [2.75, 3.05) is 6.54 Å². The Morgan fingerprint density at radius 1 is 1.50 bits per heavy atom. The fourth-order valence-corrected chi connectivity index (χ4v) is 1.36. The van der Waals surface area contributed by atoms with Gasteiger partial charge in [0.15, 0.2) is 0 Å². The minimum absolute atomic E-state index is 0.866. The van der Waals surface area contributed by atoms with Gasteiger partial charge in [0.25, 0.3) is 0 Å². The van der Waals surface area contributed by atoms with Crippen molar-refractivity contribution in [3.63, 3.8) is 0 Å². The first-order valence-corrected chi connectivity index (χ1v) is 6.01. The van der Waals surface area contributed by atoms with Crippen molar-refractivity contribution in [1.82, 2.24) is 0 Å². The van der Waals surface area contributed by atoms with Gasteiger partial charge in [0, 0.05) is 0 Å². The van der Waals surface area contributed by atoms with Crippen molar-refractivity contribution in [3.8, 4) is 0 Å². The largest absolute Gasteiger partial charge is 0.280 e. The molecule has 0 N–H and O–H groups in total. The van der Waals surface area contributed by atoms with Crippen LogP contribution in [-0.2, 0) is 0 Å². The lowest BCUT2D eigenvalue weighted by molar-refractivity contribution is 1.03. The smallest absolute Gasteiger partial charge is 0.0647 e. The van der Waals surface area contributed by atoms with Crippen molar-refractivity contribution in [3.05, 3.63) is 48.1 Å². The zero-order valence-corrected chi connectivity index (χ0v) is 11.0. The second kappa shape index (κ2) is 8.90. The van der Waals surface area contributed by atoms with Gasteiger partial charge >= 0.3 is 0 Å². The van der Waals surface area contributed by atoms with E-state index < -0.39 is 0 Å². The standard InChI is InChI=1S/C13H17N.C2H6/c1-4-7-8-12(6-3)13-9-11(5-2)10-14-13;1-2/h4,6-9H,1,5,10H2,2-3H3;1-2H3/b8-7-,12-6+;. The SMILES string of the molecule is C=C/C=C\C(=C/C)C1=NCC(CC)=C1.CC. The third-order valence-electron chi connectivity index (χ3n) is 2.27. The van der Waals surface area contributed by atoms with E-state index in [4.69, 9.17) is 0 Å². The quantitative estimate of drug-likeness (QED) is 0.615. The molecule has 0 saturated carbocycles. The number of allylic oxidation sites excluding steroid dienone is 6. The third-order valence-corrected chi connectivity index (χ3v) is 2.27. The number of aliphatic imine (C=N–C) groups is 1. The highest BCUT2D eigenvalue weighted by Gasteiger charge is 2.07. The average Bonchev–Trinajstić information content (AvgIpc) is 2.81. The van der Waals surface area contributed by atoms with E-state index in [0.717, 1.165) is 18.7 Å². The summed E-state index contributed by atoms with van der Waals surface area (Å²) >= 11 is 0. The zero-order valence-electron chi connectivity index (χ0n) is 11.0. The monoisotopic (exact) mass is 217 g/mol. The van der Waals surface area contributed by atoms with Crippen LogP contribution in [-0.4, -0.2) is 12.3 Å². The number of hydrogen-bond donors (Lipinski definition) is 0. The second-order valence-corrected chi connectivity index (χ2v) is 3.20. The molecule has 1 nitrogen and oxygen atoms in total. The molecular weight excluding hydrogens is 194 g/mol. The van der Waals surface area contributed by atoms with Gasteiger partial charge < -0.3 is 0 Å². The molecule has 16 heavy (non-hydrogen) atoms. The first-order valence-electron chi connectivity index (χ1n) is 6.01. The molecule has 0 atom stereocenters. The van der Waals surface area contributed by atoms with Crippen molar-refractivity contribution >= 4 is 5.71 Å². The Kier molecular flexibility index (Phi) is 8.14. The fourth-order valence-electron chi connectivity index (χ4n) is 1.36. The molecule has 1 aliphatic heterocycles. The summed E-state index contributed by atoms with van der Waals surface area (Å²) in [6.07, 6.45) is 11.1. The van der Waals surface area contributed by atoms with Gasteiger partial charge in [-0.25, -0.2) is 0 Å². The molecule has 0 fully saturated rings. The molecule has 0 bridgehead atoms. The van der Waals surface area contributed by atoms with E-state index in [1.165, 1.54) is 11.1 Å². The molecule has 0 aromatic heterocycles.